The van der Waals surface area contributed by atoms with Crippen LogP contribution in [0.2, 0.25) is 0 Å². The number of hydrogen-bond donors (Lipinski definition) is 2. The van der Waals surface area contributed by atoms with Crippen LogP contribution in [0.15, 0.2) is 0 Å². The zero-order valence-electron chi connectivity index (χ0n) is 10.0. The molecule has 0 aromatic rings. The van der Waals surface area contributed by atoms with E-state index in [-0.39, 0.29) is 25.0 Å². The van der Waals surface area contributed by atoms with Gasteiger partial charge in [0.1, 0.15) is 0 Å². The van der Waals surface area contributed by atoms with Crippen molar-refractivity contribution in [2.24, 2.45) is 0 Å². The molecule has 94 valence electrons. The number of imide groups is 1. The standard InChI is InChI=1S/C11H18N4O2/c1-2-6-15(7-5-12)8-10(16)14-11(17)13-9-3-4-9/h9H,2-4,6-8H2,1H3,(H2,13,14,16,17). The minimum Gasteiger partial charge on any atom is -0.335 e. The topological polar surface area (TPSA) is 85.2 Å². The van der Waals surface area contributed by atoms with Crippen LogP contribution in [-0.2, 0) is 4.79 Å². The van der Waals surface area contributed by atoms with Gasteiger partial charge < -0.3 is 5.32 Å². The molecule has 1 aliphatic carbocycles. The number of nitrogens with zero attached hydrogens (tertiary/aromatic N) is 2. The maximum absolute atomic E-state index is 11.5. The Labute approximate surface area is 101 Å². The normalized spacial score (nSPS) is 14.2. The highest BCUT2D eigenvalue weighted by molar-refractivity contribution is 5.95. The first kappa shape index (κ1) is 13.5. The number of hydrogen-bond acceptors (Lipinski definition) is 4. The van der Waals surface area contributed by atoms with Crippen molar-refractivity contribution in [1.29, 1.82) is 5.26 Å². The summed E-state index contributed by atoms with van der Waals surface area (Å²) < 4.78 is 0. The van der Waals surface area contributed by atoms with E-state index in [4.69, 9.17) is 5.26 Å². The zero-order chi connectivity index (χ0) is 12.7. The van der Waals surface area contributed by atoms with Crippen molar-refractivity contribution in [1.82, 2.24) is 15.5 Å². The largest absolute Gasteiger partial charge is 0.335 e. The molecule has 0 atom stereocenters. The molecule has 1 fully saturated rings. The molecule has 0 bridgehead atoms. The first-order valence-electron chi connectivity index (χ1n) is 5.85. The number of nitrogens with one attached hydrogen (secondary N) is 2. The Balaban J connectivity index is 2.25. The molecule has 0 aliphatic heterocycles. The molecule has 1 aliphatic rings. The van der Waals surface area contributed by atoms with E-state index >= 15 is 0 Å². The Kier molecular flexibility index (Phi) is 5.43. The minimum absolute atomic E-state index is 0.0828. The summed E-state index contributed by atoms with van der Waals surface area (Å²) in [5, 5.41) is 13.5. The first-order valence-corrected chi connectivity index (χ1v) is 5.85. The van der Waals surface area contributed by atoms with Crippen molar-refractivity contribution in [3.8, 4) is 6.07 Å². The van der Waals surface area contributed by atoms with E-state index in [0.29, 0.717) is 6.54 Å². The van der Waals surface area contributed by atoms with Crippen LogP contribution in [0.4, 0.5) is 4.79 Å². The Morgan fingerprint density at radius 2 is 2.18 bits per heavy atom. The van der Waals surface area contributed by atoms with Gasteiger partial charge in [-0.15, -0.1) is 0 Å². The fraction of sp³-hybridized carbons (Fsp3) is 0.727. The zero-order valence-corrected chi connectivity index (χ0v) is 10.0. The highest BCUT2D eigenvalue weighted by Gasteiger charge is 2.24. The maximum Gasteiger partial charge on any atom is 0.321 e. The van der Waals surface area contributed by atoms with Gasteiger partial charge in [0.2, 0.25) is 5.91 Å². The van der Waals surface area contributed by atoms with E-state index in [1.807, 2.05) is 13.0 Å². The van der Waals surface area contributed by atoms with Crippen LogP contribution < -0.4 is 10.6 Å². The van der Waals surface area contributed by atoms with Gasteiger partial charge in [-0.1, -0.05) is 6.92 Å². The van der Waals surface area contributed by atoms with E-state index in [9.17, 15) is 9.59 Å². The predicted molar refractivity (Wildman–Crippen MR) is 62.0 cm³/mol. The monoisotopic (exact) mass is 238 g/mol. The summed E-state index contributed by atoms with van der Waals surface area (Å²) in [5.41, 5.74) is 0. The van der Waals surface area contributed by atoms with Crippen LogP contribution >= 0.6 is 0 Å². The van der Waals surface area contributed by atoms with Gasteiger partial charge in [0.25, 0.3) is 0 Å². The van der Waals surface area contributed by atoms with Gasteiger partial charge in [-0.3, -0.25) is 15.0 Å². The van der Waals surface area contributed by atoms with Gasteiger partial charge in [0.05, 0.1) is 19.2 Å². The third-order valence-corrected chi connectivity index (χ3v) is 2.37. The Morgan fingerprint density at radius 1 is 1.47 bits per heavy atom. The van der Waals surface area contributed by atoms with Crippen LogP contribution in [-0.4, -0.2) is 42.5 Å². The van der Waals surface area contributed by atoms with Crippen LogP contribution in [0.25, 0.3) is 0 Å². The fourth-order valence-corrected chi connectivity index (χ4v) is 1.45. The van der Waals surface area contributed by atoms with E-state index in [1.165, 1.54) is 0 Å². The minimum atomic E-state index is -0.439. The Hall–Kier alpha value is -1.61. The van der Waals surface area contributed by atoms with E-state index < -0.39 is 6.03 Å². The molecule has 0 spiro atoms. The molecule has 3 amide bonds. The average molecular weight is 238 g/mol. The molecule has 2 N–H and O–H groups in total. The Morgan fingerprint density at radius 3 is 2.71 bits per heavy atom. The van der Waals surface area contributed by atoms with Crippen LogP contribution in [0, 0.1) is 11.3 Å². The van der Waals surface area contributed by atoms with E-state index in [0.717, 1.165) is 19.3 Å². The van der Waals surface area contributed by atoms with Crippen LogP contribution in [0.3, 0.4) is 0 Å². The van der Waals surface area contributed by atoms with Crippen molar-refractivity contribution in [3.05, 3.63) is 0 Å². The lowest BCUT2D eigenvalue weighted by molar-refractivity contribution is -0.121. The summed E-state index contributed by atoms with van der Waals surface area (Å²) >= 11 is 0. The number of carbonyl (C=O) groups excluding carboxylic acids is 2. The molecular weight excluding hydrogens is 220 g/mol. The van der Waals surface area contributed by atoms with Crippen molar-refractivity contribution < 1.29 is 9.59 Å². The molecule has 0 unspecified atom stereocenters. The molecule has 0 radical (unpaired) electrons. The van der Waals surface area contributed by atoms with Crippen molar-refractivity contribution in [3.63, 3.8) is 0 Å². The molecule has 0 aromatic carbocycles. The van der Waals surface area contributed by atoms with Crippen molar-refractivity contribution in [2.45, 2.75) is 32.2 Å². The lowest BCUT2D eigenvalue weighted by atomic mass is 10.4. The number of carbonyl (C=O) groups is 2. The second-order valence-corrected chi connectivity index (χ2v) is 4.16. The van der Waals surface area contributed by atoms with E-state index in [2.05, 4.69) is 10.6 Å². The molecule has 0 aromatic heterocycles. The van der Waals surface area contributed by atoms with Gasteiger partial charge in [0, 0.05) is 6.04 Å². The fourth-order valence-electron chi connectivity index (χ4n) is 1.45. The highest BCUT2D eigenvalue weighted by atomic mass is 16.2. The van der Waals surface area contributed by atoms with Gasteiger partial charge in [-0.05, 0) is 25.8 Å². The van der Waals surface area contributed by atoms with Gasteiger partial charge in [-0.25, -0.2) is 4.79 Å². The predicted octanol–water partition coefficient (Wildman–Crippen LogP) is 0.210. The van der Waals surface area contributed by atoms with Crippen LogP contribution in [0.1, 0.15) is 26.2 Å². The summed E-state index contributed by atoms with van der Waals surface area (Å²) in [4.78, 5) is 24.5. The number of rotatable bonds is 6. The molecule has 1 saturated carbocycles. The summed E-state index contributed by atoms with van der Waals surface area (Å²) in [6.07, 6.45) is 2.83. The quantitative estimate of drug-likeness (QED) is 0.648. The lowest BCUT2D eigenvalue weighted by Crippen LogP contribution is -2.45. The van der Waals surface area contributed by atoms with E-state index in [1.54, 1.807) is 4.90 Å². The number of amides is 3. The average Bonchev–Trinajstić information content (AvgIpc) is 3.01. The summed E-state index contributed by atoms with van der Waals surface area (Å²) in [6, 6.07) is 1.79. The molecular formula is C11H18N4O2. The first-order chi connectivity index (χ1) is 8.15. The maximum atomic E-state index is 11.5. The second kappa shape index (κ2) is 6.86. The number of urea groups is 1. The van der Waals surface area contributed by atoms with Gasteiger partial charge in [-0.2, -0.15) is 5.26 Å². The summed E-state index contributed by atoms with van der Waals surface area (Å²) in [7, 11) is 0. The highest BCUT2D eigenvalue weighted by Crippen LogP contribution is 2.18. The van der Waals surface area contributed by atoms with Crippen molar-refractivity contribution in [2.75, 3.05) is 19.6 Å². The molecule has 6 nitrogen and oxygen atoms in total. The number of nitriles is 1. The Bertz CT molecular complexity index is 320. The smallest absolute Gasteiger partial charge is 0.321 e. The SMILES string of the molecule is CCCN(CC#N)CC(=O)NC(=O)NC1CC1. The molecule has 6 heteroatoms. The van der Waals surface area contributed by atoms with Crippen LogP contribution in [0.5, 0.6) is 0 Å². The van der Waals surface area contributed by atoms with Gasteiger partial charge in [0.15, 0.2) is 0 Å². The second-order valence-electron chi connectivity index (χ2n) is 4.16. The summed E-state index contributed by atoms with van der Waals surface area (Å²) in [5.74, 6) is -0.369. The third kappa shape index (κ3) is 5.88. The summed E-state index contributed by atoms with van der Waals surface area (Å²) in [6.45, 7) is 2.93. The van der Waals surface area contributed by atoms with Crippen molar-refractivity contribution >= 4 is 11.9 Å². The molecule has 1 rings (SSSR count). The lowest BCUT2D eigenvalue weighted by Gasteiger charge is -2.17. The van der Waals surface area contributed by atoms with Gasteiger partial charge >= 0.3 is 6.03 Å². The molecule has 0 saturated heterocycles. The molecule has 0 heterocycles. The third-order valence-electron chi connectivity index (χ3n) is 2.37. The molecule has 17 heavy (non-hydrogen) atoms.